The minimum atomic E-state index is -0.739. The Morgan fingerprint density at radius 3 is 2.31 bits per heavy atom. The Morgan fingerprint density at radius 1 is 0.943 bits per heavy atom. The van der Waals surface area contributed by atoms with Crippen molar-refractivity contribution < 1.29 is 23.9 Å². The second kappa shape index (κ2) is 9.11. The summed E-state index contributed by atoms with van der Waals surface area (Å²) in [7, 11) is 0. The highest BCUT2D eigenvalue weighted by Gasteiger charge is 2.36. The third-order valence-corrected chi connectivity index (χ3v) is 6.65. The summed E-state index contributed by atoms with van der Waals surface area (Å²) in [6.07, 6.45) is 0. The van der Waals surface area contributed by atoms with Crippen LogP contribution in [-0.2, 0) is 9.53 Å². The molecule has 35 heavy (non-hydrogen) atoms. The molecule has 1 aliphatic rings. The van der Waals surface area contributed by atoms with Crippen molar-refractivity contribution in [3.8, 4) is 0 Å². The van der Waals surface area contributed by atoms with Crippen molar-refractivity contribution >= 4 is 56.1 Å². The lowest BCUT2D eigenvalue weighted by atomic mass is 10.1. The molecule has 0 saturated heterocycles. The number of imide groups is 1. The number of hydrogen-bond acceptors (Lipinski definition) is 7. The fourth-order valence-electron chi connectivity index (χ4n) is 3.88. The Kier molecular flexibility index (Phi) is 5.84. The normalized spacial score (nSPS) is 12.7. The number of anilines is 2. The number of ether oxygens (including phenoxy) is 1. The minimum absolute atomic E-state index is 0.120. The minimum Gasteiger partial charge on any atom is -0.452 e. The van der Waals surface area contributed by atoms with E-state index in [2.05, 4.69) is 4.98 Å². The molecule has 0 N–H and O–H groups in total. The van der Waals surface area contributed by atoms with Crippen molar-refractivity contribution in [3.63, 3.8) is 0 Å². The SMILES string of the molecule is CCN(C(=O)COC(=O)c1cccc(N2C(=O)c3ccccc3C2=O)c1)c1nc2ccccc2s1. The van der Waals surface area contributed by atoms with Gasteiger partial charge in [-0.3, -0.25) is 19.3 Å². The zero-order chi connectivity index (χ0) is 24.5. The number of amides is 3. The van der Waals surface area contributed by atoms with Crippen molar-refractivity contribution in [2.75, 3.05) is 23.0 Å². The molecule has 0 spiro atoms. The molecule has 1 aromatic heterocycles. The number of carbonyl (C=O) groups excluding carboxylic acids is 4. The molecule has 8 nitrogen and oxygen atoms in total. The smallest absolute Gasteiger partial charge is 0.338 e. The van der Waals surface area contributed by atoms with Gasteiger partial charge in [0, 0.05) is 6.54 Å². The molecule has 2 heterocycles. The van der Waals surface area contributed by atoms with Gasteiger partial charge in [0.25, 0.3) is 17.7 Å². The summed E-state index contributed by atoms with van der Waals surface area (Å²) in [6.45, 7) is 1.71. The van der Waals surface area contributed by atoms with Gasteiger partial charge in [0.1, 0.15) is 0 Å². The highest BCUT2D eigenvalue weighted by Crippen LogP contribution is 2.30. The predicted octanol–water partition coefficient (Wildman–Crippen LogP) is 4.31. The van der Waals surface area contributed by atoms with Crippen LogP contribution in [-0.4, -0.2) is 41.8 Å². The molecule has 0 unspecified atom stereocenters. The first-order valence-electron chi connectivity index (χ1n) is 10.9. The molecule has 5 rings (SSSR count). The maximum Gasteiger partial charge on any atom is 0.338 e. The monoisotopic (exact) mass is 485 g/mol. The van der Waals surface area contributed by atoms with E-state index in [0.29, 0.717) is 22.8 Å². The van der Waals surface area contributed by atoms with Crippen LogP contribution in [0.25, 0.3) is 10.2 Å². The van der Waals surface area contributed by atoms with E-state index in [4.69, 9.17) is 4.74 Å². The van der Waals surface area contributed by atoms with Gasteiger partial charge in [-0.15, -0.1) is 0 Å². The Bertz CT molecular complexity index is 1430. The van der Waals surface area contributed by atoms with Crippen LogP contribution in [0.2, 0.25) is 0 Å². The molecule has 174 valence electrons. The number of benzene rings is 3. The molecular formula is C26H19N3O5S. The fourth-order valence-corrected chi connectivity index (χ4v) is 4.92. The molecule has 0 atom stereocenters. The third kappa shape index (κ3) is 4.06. The molecule has 0 saturated carbocycles. The Hall–Kier alpha value is -4.37. The van der Waals surface area contributed by atoms with Crippen LogP contribution >= 0.6 is 11.3 Å². The van der Waals surface area contributed by atoms with Gasteiger partial charge >= 0.3 is 5.97 Å². The van der Waals surface area contributed by atoms with Gasteiger partial charge in [-0.1, -0.05) is 41.7 Å². The van der Waals surface area contributed by atoms with Crippen molar-refractivity contribution in [3.05, 3.63) is 89.5 Å². The van der Waals surface area contributed by atoms with E-state index in [-0.39, 0.29) is 11.3 Å². The lowest BCUT2D eigenvalue weighted by molar-refractivity contribution is -0.121. The van der Waals surface area contributed by atoms with Gasteiger partial charge in [0.2, 0.25) is 0 Å². The number of likely N-dealkylation sites (N-methyl/N-ethyl adjacent to an activating group) is 1. The number of hydrogen-bond donors (Lipinski definition) is 0. The van der Waals surface area contributed by atoms with Gasteiger partial charge in [-0.25, -0.2) is 14.7 Å². The first-order chi connectivity index (χ1) is 17.0. The second-order valence-electron chi connectivity index (χ2n) is 7.72. The highest BCUT2D eigenvalue weighted by molar-refractivity contribution is 7.22. The highest BCUT2D eigenvalue weighted by atomic mass is 32.1. The van der Waals surface area contributed by atoms with E-state index >= 15 is 0 Å². The number of carbonyl (C=O) groups is 4. The molecule has 3 amide bonds. The Morgan fingerprint density at radius 2 is 1.63 bits per heavy atom. The molecule has 0 aliphatic carbocycles. The first kappa shape index (κ1) is 22.4. The standard InChI is InChI=1S/C26H19N3O5S/c1-2-28(26-27-20-12-5-6-13-21(20)35-26)22(30)15-34-25(33)16-8-7-9-17(14-16)29-23(31)18-10-3-4-11-19(18)24(29)32/h3-14H,2,15H2,1H3. The van der Waals surface area contributed by atoms with Crippen molar-refractivity contribution in [2.24, 2.45) is 0 Å². The van der Waals surface area contributed by atoms with Crippen LogP contribution in [0.3, 0.4) is 0 Å². The average Bonchev–Trinajstić information content (AvgIpc) is 3.42. The number of rotatable bonds is 6. The van der Waals surface area contributed by atoms with E-state index in [9.17, 15) is 19.2 Å². The van der Waals surface area contributed by atoms with Crippen molar-refractivity contribution in [2.45, 2.75) is 6.92 Å². The number of aromatic nitrogens is 1. The maximum absolute atomic E-state index is 12.8. The summed E-state index contributed by atoms with van der Waals surface area (Å²) in [5.74, 6) is -2.06. The first-order valence-corrected chi connectivity index (χ1v) is 11.7. The quantitative estimate of drug-likeness (QED) is 0.298. The molecule has 3 aromatic carbocycles. The number of fused-ring (bicyclic) bond motifs is 2. The topological polar surface area (TPSA) is 96.9 Å². The van der Waals surface area contributed by atoms with Crippen molar-refractivity contribution in [1.29, 1.82) is 0 Å². The van der Waals surface area contributed by atoms with Crippen LogP contribution in [0.1, 0.15) is 38.0 Å². The molecule has 4 aromatic rings. The summed E-state index contributed by atoms with van der Waals surface area (Å²) >= 11 is 1.38. The molecule has 0 radical (unpaired) electrons. The van der Waals surface area contributed by atoms with Gasteiger partial charge in [-0.2, -0.15) is 0 Å². The van der Waals surface area contributed by atoms with E-state index in [1.807, 2.05) is 31.2 Å². The third-order valence-electron chi connectivity index (χ3n) is 5.59. The van der Waals surface area contributed by atoms with Crippen LogP contribution < -0.4 is 9.80 Å². The van der Waals surface area contributed by atoms with Crippen LogP contribution in [0, 0.1) is 0 Å². The number of nitrogens with zero attached hydrogens (tertiary/aromatic N) is 3. The number of esters is 1. The predicted molar refractivity (Wildman–Crippen MR) is 132 cm³/mol. The largest absolute Gasteiger partial charge is 0.452 e. The molecular weight excluding hydrogens is 466 g/mol. The summed E-state index contributed by atoms with van der Waals surface area (Å²) < 4.78 is 6.21. The van der Waals surface area contributed by atoms with Crippen molar-refractivity contribution in [1.82, 2.24) is 4.98 Å². The number of thiazole rings is 1. The van der Waals surface area contributed by atoms with Gasteiger partial charge in [0.15, 0.2) is 11.7 Å². The molecule has 1 aliphatic heterocycles. The number of para-hydroxylation sites is 1. The Labute approximate surface area is 204 Å². The summed E-state index contributed by atoms with van der Waals surface area (Å²) in [6, 6.07) is 20.1. The van der Waals surface area contributed by atoms with Gasteiger partial charge in [-0.05, 0) is 49.4 Å². The Balaban J connectivity index is 1.29. The summed E-state index contributed by atoms with van der Waals surface area (Å²) in [4.78, 5) is 58.0. The molecule has 0 bridgehead atoms. The van der Waals surface area contributed by atoms with E-state index in [1.165, 1.54) is 28.4 Å². The fraction of sp³-hybridized carbons (Fsp3) is 0.115. The van der Waals surface area contributed by atoms with E-state index < -0.39 is 30.3 Å². The summed E-state index contributed by atoms with van der Waals surface area (Å²) in [5.41, 5.74) is 1.79. The molecule has 0 fully saturated rings. The van der Waals surface area contributed by atoms with Gasteiger partial charge in [0.05, 0.1) is 32.6 Å². The summed E-state index contributed by atoms with van der Waals surface area (Å²) in [5, 5.41) is 0.530. The lowest BCUT2D eigenvalue weighted by Crippen LogP contribution is -2.34. The zero-order valence-corrected chi connectivity index (χ0v) is 19.5. The lowest BCUT2D eigenvalue weighted by Gasteiger charge is -2.18. The zero-order valence-electron chi connectivity index (χ0n) is 18.6. The van der Waals surface area contributed by atoms with Crippen LogP contribution in [0.4, 0.5) is 10.8 Å². The average molecular weight is 486 g/mol. The van der Waals surface area contributed by atoms with Crippen LogP contribution in [0.5, 0.6) is 0 Å². The molecule has 9 heteroatoms. The van der Waals surface area contributed by atoms with E-state index in [1.54, 1.807) is 36.4 Å². The second-order valence-corrected chi connectivity index (χ2v) is 8.73. The van der Waals surface area contributed by atoms with Gasteiger partial charge < -0.3 is 4.74 Å². The maximum atomic E-state index is 12.8. The van der Waals surface area contributed by atoms with Crippen LogP contribution in [0.15, 0.2) is 72.8 Å². The van der Waals surface area contributed by atoms with E-state index in [0.717, 1.165) is 15.1 Å².